The van der Waals surface area contributed by atoms with E-state index in [0.717, 1.165) is 4.47 Å². The number of carbonyl (C=O) groups is 2. The molecule has 2 aromatic carbocycles. The second kappa shape index (κ2) is 6.96. The molecule has 0 spiro atoms. The van der Waals surface area contributed by atoms with Crippen molar-refractivity contribution in [3.05, 3.63) is 58.6 Å². The SMILES string of the molecule is CC(C)(C)C(=O)Nc1cccc(NC(=O)c2ccc(Br)cc2)c1. The van der Waals surface area contributed by atoms with Gasteiger partial charge in [0, 0.05) is 26.8 Å². The van der Waals surface area contributed by atoms with Gasteiger partial charge in [0.15, 0.2) is 0 Å². The summed E-state index contributed by atoms with van der Waals surface area (Å²) in [7, 11) is 0. The minimum absolute atomic E-state index is 0.0751. The lowest BCUT2D eigenvalue weighted by Gasteiger charge is -2.18. The molecule has 0 aliphatic heterocycles. The topological polar surface area (TPSA) is 58.2 Å². The normalized spacial score (nSPS) is 11.0. The Morgan fingerprint density at radius 3 is 2.04 bits per heavy atom. The van der Waals surface area contributed by atoms with Gasteiger partial charge in [-0.25, -0.2) is 0 Å². The molecule has 2 aromatic rings. The maximum Gasteiger partial charge on any atom is 0.255 e. The Morgan fingerprint density at radius 1 is 0.913 bits per heavy atom. The van der Waals surface area contributed by atoms with E-state index in [0.29, 0.717) is 16.9 Å². The number of rotatable bonds is 3. The van der Waals surface area contributed by atoms with Crippen molar-refractivity contribution in [3.8, 4) is 0 Å². The van der Waals surface area contributed by atoms with Crippen molar-refractivity contribution in [2.24, 2.45) is 5.41 Å². The van der Waals surface area contributed by atoms with Gasteiger partial charge in [0.2, 0.25) is 5.91 Å². The van der Waals surface area contributed by atoms with Crippen molar-refractivity contribution in [2.45, 2.75) is 20.8 Å². The van der Waals surface area contributed by atoms with Gasteiger partial charge in [0.1, 0.15) is 0 Å². The van der Waals surface area contributed by atoms with Gasteiger partial charge in [0.05, 0.1) is 0 Å². The number of hydrogen-bond acceptors (Lipinski definition) is 2. The Hall–Kier alpha value is -2.14. The third kappa shape index (κ3) is 4.93. The average molecular weight is 375 g/mol. The van der Waals surface area contributed by atoms with Crippen LogP contribution in [-0.4, -0.2) is 11.8 Å². The van der Waals surface area contributed by atoms with Crippen LogP contribution in [0.25, 0.3) is 0 Å². The number of nitrogens with one attached hydrogen (secondary N) is 2. The molecule has 0 aliphatic rings. The zero-order valence-corrected chi connectivity index (χ0v) is 14.9. The van der Waals surface area contributed by atoms with Crippen LogP contribution in [0.3, 0.4) is 0 Å². The van der Waals surface area contributed by atoms with E-state index in [-0.39, 0.29) is 11.8 Å². The Balaban J connectivity index is 2.09. The number of anilines is 2. The molecule has 0 bridgehead atoms. The number of halogens is 1. The molecule has 2 N–H and O–H groups in total. The van der Waals surface area contributed by atoms with Crippen LogP contribution < -0.4 is 10.6 Å². The summed E-state index contributed by atoms with van der Waals surface area (Å²) in [6.45, 7) is 5.55. The maximum absolute atomic E-state index is 12.2. The molecule has 0 aromatic heterocycles. The van der Waals surface area contributed by atoms with E-state index in [1.165, 1.54) is 0 Å². The smallest absolute Gasteiger partial charge is 0.255 e. The van der Waals surface area contributed by atoms with Gasteiger partial charge >= 0.3 is 0 Å². The summed E-state index contributed by atoms with van der Waals surface area (Å²) in [5.74, 6) is -0.273. The van der Waals surface area contributed by atoms with E-state index in [2.05, 4.69) is 26.6 Å². The van der Waals surface area contributed by atoms with Gasteiger partial charge in [-0.2, -0.15) is 0 Å². The highest BCUT2D eigenvalue weighted by Crippen LogP contribution is 2.20. The van der Waals surface area contributed by atoms with Gasteiger partial charge in [-0.1, -0.05) is 42.8 Å². The third-order valence-corrected chi connectivity index (χ3v) is 3.69. The summed E-state index contributed by atoms with van der Waals surface area (Å²) in [6.07, 6.45) is 0. The Labute approximate surface area is 144 Å². The summed E-state index contributed by atoms with van der Waals surface area (Å²) >= 11 is 3.34. The molecular weight excluding hydrogens is 356 g/mol. The predicted octanol–water partition coefficient (Wildman–Crippen LogP) is 4.69. The van der Waals surface area contributed by atoms with E-state index in [9.17, 15) is 9.59 Å². The van der Waals surface area contributed by atoms with Crippen molar-refractivity contribution in [1.29, 1.82) is 0 Å². The first kappa shape index (κ1) is 17.2. The monoisotopic (exact) mass is 374 g/mol. The van der Waals surface area contributed by atoms with Crippen molar-refractivity contribution < 1.29 is 9.59 Å². The average Bonchev–Trinajstić information content (AvgIpc) is 2.47. The fourth-order valence-electron chi connectivity index (χ4n) is 1.80. The lowest BCUT2D eigenvalue weighted by molar-refractivity contribution is -0.123. The van der Waals surface area contributed by atoms with E-state index in [4.69, 9.17) is 0 Å². The number of benzene rings is 2. The van der Waals surface area contributed by atoms with Gasteiger partial charge in [-0.15, -0.1) is 0 Å². The molecule has 4 nitrogen and oxygen atoms in total. The molecule has 5 heteroatoms. The fraction of sp³-hybridized carbons (Fsp3) is 0.222. The molecule has 0 aliphatic carbocycles. The molecule has 0 heterocycles. The molecule has 120 valence electrons. The van der Waals surface area contributed by atoms with Crippen LogP contribution >= 0.6 is 15.9 Å². The van der Waals surface area contributed by atoms with Gasteiger partial charge < -0.3 is 10.6 Å². The van der Waals surface area contributed by atoms with E-state index in [1.807, 2.05) is 32.9 Å². The van der Waals surface area contributed by atoms with Crippen molar-refractivity contribution in [3.63, 3.8) is 0 Å². The summed E-state index contributed by atoms with van der Waals surface area (Å²) in [5, 5.41) is 5.67. The van der Waals surface area contributed by atoms with Gasteiger partial charge in [-0.05, 0) is 42.5 Å². The van der Waals surface area contributed by atoms with E-state index < -0.39 is 5.41 Å². The first-order chi connectivity index (χ1) is 10.8. The Kier molecular flexibility index (Phi) is 5.21. The number of carbonyl (C=O) groups excluding carboxylic acids is 2. The standard InChI is InChI=1S/C18H19BrN2O2/c1-18(2,3)17(23)21-15-6-4-5-14(11-15)20-16(22)12-7-9-13(19)10-8-12/h4-11H,1-3H3,(H,20,22)(H,21,23). The van der Waals surface area contributed by atoms with Crippen LogP contribution in [0.1, 0.15) is 31.1 Å². The quantitative estimate of drug-likeness (QED) is 0.818. The molecule has 2 rings (SSSR count). The number of amides is 2. The zero-order valence-electron chi connectivity index (χ0n) is 13.3. The fourth-order valence-corrected chi connectivity index (χ4v) is 2.06. The lowest BCUT2D eigenvalue weighted by atomic mass is 9.95. The Bertz CT molecular complexity index is 719. The molecule has 0 saturated carbocycles. The molecule has 23 heavy (non-hydrogen) atoms. The second-order valence-corrected chi connectivity index (χ2v) is 7.16. The first-order valence-corrected chi connectivity index (χ1v) is 8.03. The maximum atomic E-state index is 12.2. The van der Waals surface area contributed by atoms with Crippen LogP contribution in [0.4, 0.5) is 11.4 Å². The molecule has 0 radical (unpaired) electrons. The summed E-state index contributed by atoms with van der Waals surface area (Å²) in [4.78, 5) is 24.2. The molecule has 0 atom stereocenters. The second-order valence-electron chi connectivity index (χ2n) is 6.25. The minimum atomic E-state index is -0.476. The van der Waals surface area contributed by atoms with Gasteiger partial charge in [-0.3, -0.25) is 9.59 Å². The summed E-state index contributed by atoms with van der Waals surface area (Å²) in [6, 6.07) is 14.2. The minimum Gasteiger partial charge on any atom is -0.326 e. The lowest BCUT2D eigenvalue weighted by Crippen LogP contribution is -2.27. The van der Waals surface area contributed by atoms with Crippen LogP contribution in [0, 0.1) is 5.41 Å². The highest BCUT2D eigenvalue weighted by molar-refractivity contribution is 9.10. The highest BCUT2D eigenvalue weighted by Gasteiger charge is 2.21. The predicted molar refractivity (Wildman–Crippen MR) is 96.6 cm³/mol. The molecule has 0 unspecified atom stereocenters. The van der Waals surface area contributed by atoms with Crippen LogP contribution in [0.15, 0.2) is 53.0 Å². The van der Waals surface area contributed by atoms with Crippen LogP contribution in [0.2, 0.25) is 0 Å². The number of hydrogen-bond donors (Lipinski definition) is 2. The van der Waals surface area contributed by atoms with E-state index in [1.54, 1.807) is 36.4 Å². The molecular formula is C18H19BrN2O2. The highest BCUT2D eigenvalue weighted by atomic mass is 79.9. The van der Waals surface area contributed by atoms with Crippen molar-refractivity contribution >= 4 is 39.1 Å². The first-order valence-electron chi connectivity index (χ1n) is 7.24. The van der Waals surface area contributed by atoms with Crippen LogP contribution in [0.5, 0.6) is 0 Å². The molecule has 0 saturated heterocycles. The summed E-state index contributed by atoms with van der Waals surface area (Å²) in [5.41, 5.74) is 1.37. The summed E-state index contributed by atoms with van der Waals surface area (Å²) < 4.78 is 0.918. The third-order valence-electron chi connectivity index (χ3n) is 3.17. The van der Waals surface area contributed by atoms with Gasteiger partial charge in [0.25, 0.3) is 5.91 Å². The molecule has 2 amide bonds. The van der Waals surface area contributed by atoms with Crippen LogP contribution in [-0.2, 0) is 4.79 Å². The van der Waals surface area contributed by atoms with Crippen molar-refractivity contribution in [1.82, 2.24) is 0 Å². The Morgan fingerprint density at radius 2 is 1.48 bits per heavy atom. The zero-order chi connectivity index (χ0) is 17.0. The molecule has 0 fully saturated rings. The van der Waals surface area contributed by atoms with E-state index >= 15 is 0 Å². The largest absolute Gasteiger partial charge is 0.326 e. The van der Waals surface area contributed by atoms with Crippen molar-refractivity contribution in [2.75, 3.05) is 10.6 Å².